The third kappa shape index (κ3) is 6.25. The van der Waals surface area contributed by atoms with Gasteiger partial charge in [-0.05, 0) is 93.8 Å². The van der Waals surface area contributed by atoms with Crippen molar-refractivity contribution in [3.05, 3.63) is 0 Å². The Morgan fingerprint density at radius 3 is 1.42 bits per heavy atom. The van der Waals surface area contributed by atoms with Crippen molar-refractivity contribution < 1.29 is 4.74 Å². The van der Waals surface area contributed by atoms with E-state index in [0.717, 1.165) is 36.2 Å². The van der Waals surface area contributed by atoms with Crippen LogP contribution in [-0.2, 0) is 4.74 Å². The van der Waals surface area contributed by atoms with E-state index < -0.39 is 0 Å². The van der Waals surface area contributed by atoms with Gasteiger partial charge in [0.2, 0.25) is 0 Å². The van der Waals surface area contributed by atoms with Gasteiger partial charge in [0, 0.05) is 6.61 Å². The lowest BCUT2D eigenvalue weighted by Gasteiger charge is -2.38. The molecule has 3 aliphatic carbocycles. The minimum Gasteiger partial charge on any atom is -0.378 e. The first-order chi connectivity index (χ1) is 12.8. The van der Waals surface area contributed by atoms with Crippen LogP contribution >= 0.6 is 0 Å². The summed E-state index contributed by atoms with van der Waals surface area (Å²) in [4.78, 5) is 0. The topological polar surface area (TPSA) is 9.23 Å². The Hall–Kier alpha value is -0.0400. The van der Waals surface area contributed by atoms with Crippen LogP contribution in [0.2, 0.25) is 0 Å². The van der Waals surface area contributed by atoms with Crippen molar-refractivity contribution in [2.45, 2.75) is 123 Å². The van der Waals surface area contributed by atoms with Gasteiger partial charge in [0.05, 0.1) is 6.10 Å². The summed E-state index contributed by atoms with van der Waals surface area (Å²) >= 11 is 0. The fourth-order valence-electron chi connectivity index (χ4n) is 6.45. The maximum atomic E-state index is 6.37. The summed E-state index contributed by atoms with van der Waals surface area (Å²) in [6.07, 6.45) is 23.8. The fraction of sp³-hybridized carbons (Fsp3) is 1.00. The van der Waals surface area contributed by atoms with E-state index in [4.69, 9.17) is 4.74 Å². The molecule has 152 valence electrons. The highest BCUT2D eigenvalue weighted by Crippen LogP contribution is 2.42. The van der Waals surface area contributed by atoms with Gasteiger partial charge in [-0.3, -0.25) is 0 Å². The highest BCUT2D eigenvalue weighted by Gasteiger charge is 2.31. The van der Waals surface area contributed by atoms with E-state index >= 15 is 0 Å². The summed E-state index contributed by atoms with van der Waals surface area (Å²) in [6, 6.07) is 0. The number of ether oxygens (including phenoxy) is 1. The maximum Gasteiger partial charge on any atom is 0.0575 e. The summed E-state index contributed by atoms with van der Waals surface area (Å²) in [5, 5.41) is 0. The van der Waals surface area contributed by atoms with Gasteiger partial charge in [-0.2, -0.15) is 0 Å². The van der Waals surface area contributed by atoms with Gasteiger partial charge in [-0.25, -0.2) is 0 Å². The van der Waals surface area contributed by atoms with Crippen LogP contribution < -0.4 is 0 Å². The Kier molecular flexibility index (Phi) is 8.82. The molecule has 3 saturated carbocycles. The predicted molar refractivity (Wildman–Crippen MR) is 112 cm³/mol. The van der Waals surface area contributed by atoms with E-state index in [0.29, 0.717) is 6.10 Å². The van der Waals surface area contributed by atoms with Crippen LogP contribution in [0, 0.1) is 29.6 Å². The average Bonchev–Trinajstić information content (AvgIpc) is 2.69. The molecule has 3 rings (SSSR count). The molecule has 0 aromatic carbocycles. The molecule has 0 radical (unpaired) electrons. The second kappa shape index (κ2) is 11.1. The average molecular weight is 363 g/mol. The lowest BCUT2D eigenvalue weighted by Crippen LogP contribution is -2.29. The fourth-order valence-corrected chi connectivity index (χ4v) is 6.45. The van der Waals surface area contributed by atoms with Crippen molar-refractivity contribution in [1.29, 1.82) is 0 Å². The number of hydrogen-bond acceptors (Lipinski definition) is 1. The van der Waals surface area contributed by atoms with Gasteiger partial charge < -0.3 is 4.74 Å². The summed E-state index contributed by atoms with van der Waals surface area (Å²) < 4.78 is 6.37. The second-order valence-corrected chi connectivity index (χ2v) is 10.1. The minimum atomic E-state index is 0.592. The molecule has 0 saturated heterocycles. The highest BCUT2D eigenvalue weighted by molar-refractivity contribution is 4.82. The zero-order valence-electron chi connectivity index (χ0n) is 17.9. The van der Waals surface area contributed by atoms with Gasteiger partial charge >= 0.3 is 0 Å². The largest absolute Gasteiger partial charge is 0.378 e. The van der Waals surface area contributed by atoms with Crippen molar-refractivity contribution in [2.24, 2.45) is 29.6 Å². The molecule has 0 heterocycles. The van der Waals surface area contributed by atoms with E-state index in [1.165, 1.54) is 103 Å². The molecule has 0 spiro atoms. The van der Waals surface area contributed by atoms with Crippen LogP contribution in [0.5, 0.6) is 0 Å². The van der Waals surface area contributed by atoms with E-state index in [9.17, 15) is 0 Å². The molecule has 0 aliphatic heterocycles. The molecule has 0 unspecified atom stereocenters. The van der Waals surface area contributed by atoms with Crippen molar-refractivity contribution in [2.75, 3.05) is 6.61 Å². The first-order valence-electron chi connectivity index (χ1n) is 12.4. The Bertz CT molecular complexity index is 354. The third-order valence-corrected chi connectivity index (χ3v) is 8.20. The van der Waals surface area contributed by atoms with E-state index in [2.05, 4.69) is 13.8 Å². The lowest BCUT2D eigenvalue weighted by molar-refractivity contribution is -0.0129. The monoisotopic (exact) mass is 362 g/mol. The lowest BCUT2D eigenvalue weighted by atomic mass is 9.69. The Morgan fingerprint density at radius 1 is 0.538 bits per heavy atom. The molecular formula is C25H46O. The van der Waals surface area contributed by atoms with E-state index in [1.807, 2.05) is 0 Å². The standard InChI is InChI=1S/C25H46O/c1-3-5-20-7-13-23(14-8-20)24-15-9-22(10-16-24)19-26-25-17-11-21(6-4-2)12-18-25/h20-25H,3-19H2,1-2H3/t20?,21-,22?,23?,24?,25-. The van der Waals surface area contributed by atoms with Gasteiger partial charge in [0.25, 0.3) is 0 Å². The van der Waals surface area contributed by atoms with Crippen molar-refractivity contribution >= 4 is 0 Å². The molecule has 26 heavy (non-hydrogen) atoms. The number of rotatable bonds is 8. The summed E-state index contributed by atoms with van der Waals surface area (Å²) in [7, 11) is 0. The number of hydrogen-bond donors (Lipinski definition) is 0. The van der Waals surface area contributed by atoms with Crippen LogP contribution in [0.15, 0.2) is 0 Å². The normalized spacial score (nSPS) is 39.0. The van der Waals surface area contributed by atoms with Gasteiger partial charge in [0.15, 0.2) is 0 Å². The quantitative estimate of drug-likeness (QED) is 0.428. The van der Waals surface area contributed by atoms with Crippen LogP contribution in [0.25, 0.3) is 0 Å². The molecule has 3 aliphatic rings. The molecule has 3 fully saturated rings. The van der Waals surface area contributed by atoms with Gasteiger partial charge in [-0.15, -0.1) is 0 Å². The predicted octanol–water partition coefficient (Wildman–Crippen LogP) is 7.77. The van der Waals surface area contributed by atoms with Crippen molar-refractivity contribution in [1.82, 2.24) is 0 Å². The minimum absolute atomic E-state index is 0.592. The SMILES string of the molecule is CCCC1CCC(C2CCC(CO[C@H]3CC[C@H](CCC)CC3)CC2)CC1. The second-order valence-electron chi connectivity index (χ2n) is 10.1. The first kappa shape index (κ1) is 20.7. The molecule has 0 N–H and O–H groups in total. The van der Waals surface area contributed by atoms with Crippen LogP contribution in [0.3, 0.4) is 0 Å². The summed E-state index contributed by atoms with van der Waals surface area (Å²) in [5.74, 6) is 5.06. The Morgan fingerprint density at radius 2 is 0.962 bits per heavy atom. The van der Waals surface area contributed by atoms with Crippen molar-refractivity contribution in [3.63, 3.8) is 0 Å². The van der Waals surface area contributed by atoms with Crippen LogP contribution in [0.4, 0.5) is 0 Å². The Labute approximate surface area is 164 Å². The van der Waals surface area contributed by atoms with Crippen LogP contribution in [-0.4, -0.2) is 12.7 Å². The first-order valence-corrected chi connectivity index (χ1v) is 12.4. The van der Waals surface area contributed by atoms with E-state index in [-0.39, 0.29) is 0 Å². The summed E-state index contributed by atoms with van der Waals surface area (Å²) in [5.41, 5.74) is 0. The van der Waals surface area contributed by atoms with E-state index in [1.54, 1.807) is 0 Å². The highest BCUT2D eigenvalue weighted by atomic mass is 16.5. The molecular weight excluding hydrogens is 316 g/mol. The zero-order valence-corrected chi connectivity index (χ0v) is 17.9. The molecule has 0 atom stereocenters. The van der Waals surface area contributed by atoms with Crippen molar-refractivity contribution in [3.8, 4) is 0 Å². The third-order valence-electron chi connectivity index (χ3n) is 8.20. The molecule has 0 bridgehead atoms. The van der Waals surface area contributed by atoms with Gasteiger partial charge in [0.1, 0.15) is 0 Å². The molecule has 0 aromatic heterocycles. The van der Waals surface area contributed by atoms with Crippen LogP contribution in [0.1, 0.15) is 117 Å². The van der Waals surface area contributed by atoms with Gasteiger partial charge in [-0.1, -0.05) is 52.4 Å². The molecule has 1 heteroatoms. The molecule has 1 nitrogen and oxygen atoms in total. The summed E-state index contributed by atoms with van der Waals surface area (Å²) in [6.45, 7) is 5.75. The molecule has 0 aromatic rings. The smallest absolute Gasteiger partial charge is 0.0575 e. The Balaban J connectivity index is 1.27. The zero-order chi connectivity index (χ0) is 18.2. The maximum absolute atomic E-state index is 6.37. The molecule has 0 amide bonds.